The molecular formula is C14H11FO2. The summed E-state index contributed by atoms with van der Waals surface area (Å²) in [5.74, 6) is -0.963. The molecule has 0 unspecified atom stereocenters. The number of rotatable bonds is 3. The predicted octanol–water partition coefficient (Wildman–Crippen LogP) is 3.52. The molecule has 0 fully saturated rings. The van der Waals surface area contributed by atoms with Crippen molar-refractivity contribution >= 4 is 5.97 Å². The minimum Gasteiger partial charge on any atom is -0.478 e. The second-order valence-electron chi connectivity index (χ2n) is 3.67. The molecule has 0 aliphatic rings. The topological polar surface area (TPSA) is 37.3 Å². The van der Waals surface area contributed by atoms with Gasteiger partial charge in [0.15, 0.2) is 0 Å². The molecule has 0 heterocycles. The van der Waals surface area contributed by atoms with Crippen LogP contribution in [0.2, 0.25) is 0 Å². The van der Waals surface area contributed by atoms with Gasteiger partial charge in [-0.15, -0.1) is 0 Å². The third kappa shape index (κ3) is 2.33. The minimum absolute atomic E-state index is 0.228. The third-order valence-corrected chi connectivity index (χ3v) is 2.60. The van der Waals surface area contributed by atoms with Crippen LogP contribution in [0.25, 0.3) is 11.1 Å². The summed E-state index contributed by atoms with van der Waals surface area (Å²) in [6.45, 7) is -0.531. The van der Waals surface area contributed by atoms with Gasteiger partial charge in [-0.2, -0.15) is 0 Å². The van der Waals surface area contributed by atoms with Gasteiger partial charge in [0.2, 0.25) is 0 Å². The van der Waals surface area contributed by atoms with Crippen molar-refractivity contribution in [3.8, 4) is 11.1 Å². The predicted molar refractivity (Wildman–Crippen MR) is 63.6 cm³/mol. The van der Waals surface area contributed by atoms with Crippen LogP contribution in [-0.2, 0) is 6.67 Å². The first-order valence-electron chi connectivity index (χ1n) is 5.20. The van der Waals surface area contributed by atoms with Crippen LogP contribution in [-0.4, -0.2) is 11.1 Å². The van der Waals surface area contributed by atoms with Gasteiger partial charge in [0.05, 0.1) is 5.56 Å². The summed E-state index contributed by atoms with van der Waals surface area (Å²) < 4.78 is 12.8. The summed E-state index contributed by atoms with van der Waals surface area (Å²) in [6.07, 6.45) is 0. The van der Waals surface area contributed by atoms with E-state index in [1.165, 1.54) is 12.1 Å². The van der Waals surface area contributed by atoms with Crippen LogP contribution < -0.4 is 0 Å². The standard InChI is InChI=1S/C14H11FO2/c15-9-12-3-1-2-4-13(12)10-5-7-11(8-6-10)14(16)17/h1-8H,9H2,(H,16,17). The van der Waals surface area contributed by atoms with Crippen LogP contribution in [0, 0.1) is 0 Å². The maximum Gasteiger partial charge on any atom is 0.335 e. The van der Waals surface area contributed by atoms with Crippen molar-refractivity contribution in [2.24, 2.45) is 0 Å². The van der Waals surface area contributed by atoms with E-state index >= 15 is 0 Å². The summed E-state index contributed by atoms with van der Waals surface area (Å²) in [6, 6.07) is 13.6. The zero-order valence-corrected chi connectivity index (χ0v) is 9.06. The van der Waals surface area contributed by atoms with Crippen LogP contribution in [0.3, 0.4) is 0 Å². The normalized spacial score (nSPS) is 10.2. The van der Waals surface area contributed by atoms with E-state index in [2.05, 4.69) is 0 Å². The molecule has 0 atom stereocenters. The maximum atomic E-state index is 12.8. The Hall–Kier alpha value is -2.16. The molecule has 17 heavy (non-hydrogen) atoms. The number of carbonyl (C=O) groups is 1. The first kappa shape index (κ1) is 11.3. The van der Waals surface area contributed by atoms with Gasteiger partial charge in [-0.3, -0.25) is 0 Å². The summed E-state index contributed by atoms with van der Waals surface area (Å²) in [5, 5.41) is 8.79. The lowest BCUT2D eigenvalue weighted by molar-refractivity contribution is 0.0697. The second kappa shape index (κ2) is 4.78. The van der Waals surface area contributed by atoms with Crippen LogP contribution in [0.4, 0.5) is 4.39 Å². The van der Waals surface area contributed by atoms with Gasteiger partial charge >= 0.3 is 5.97 Å². The molecular weight excluding hydrogens is 219 g/mol. The van der Waals surface area contributed by atoms with E-state index in [0.717, 1.165) is 11.1 Å². The number of alkyl halides is 1. The van der Waals surface area contributed by atoms with Gasteiger partial charge in [-0.05, 0) is 28.8 Å². The van der Waals surface area contributed by atoms with Crippen LogP contribution in [0.1, 0.15) is 15.9 Å². The van der Waals surface area contributed by atoms with Crippen molar-refractivity contribution in [2.45, 2.75) is 6.67 Å². The molecule has 2 aromatic rings. The Kier molecular flexibility index (Phi) is 3.19. The van der Waals surface area contributed by atoms with Crippen molar-refractivity contribution in [3.63, 3.8) is 0 Å². The van der Waals surface area contributed by atoms with Crippen LogP contribution in [0.15, 0.2) is 48.5 Å². The van der Waals surface area contributed by atoms with Gasteiger partial charge in [0.1, 0.15) is 6.67 Å². The highest BCUT2D eigenvalue weighted by Crippen LogP contribution is 2.24. The van der Waals surface area contributed by atoms with Gasteiger partial charge in [0, 0.05) is 0 Å². The van der Waals surface area contributed by atoms with Crippen LogP contribution in [0.5, 0.6) is 0 Å². The Labute approximate surface area is 98.3 Å². The molecule has 0 radical (unpaired) electrons. The Morgan fingerprint density at radius 3 is 2.29 bits per heavy atom. The first-order chi connectivity index (χ1) is 8.22. The molecule has 0 bridgehead atoms. The zero-order chi connectivity index (χ0) is 12.3. The summed E-state index contributed by atoms with van der Waals surface area (Å²) in [5.41, 5.74) is 2.46. The molecule has 0 saturated heterocycles. The van der Waals surface area contributed by atoms with Gasteiger partial charge < -0.3 is 5.11 Å². The number of benzene rings is 2. The number of carboxylic acid groups (broad SMARTS) is 1. The molecule has 0 aliphatic carbocycles. The third-order valence-electron chi connectivity index (χ3n) is 2.60. The second-order valence-corrected chi connectivity index (χ2v) is 3.67. The quantitative estimate of drug-likeness (QED) is 0.875. The molecule has 2 nitrogen and oxygen atoms in total. The monoisotopic (exact) mass is 230 g/mol. The average molecular weight is 230 g/mol. The van der Waals surface area contributed by atoms with Crippen molar-refractivity contribution in [2.75, 3.05) is 0 Å². The molecule has 86 valence electrons. The van der Waals surface area contributed by atoms with E-state index in [0.29, 0.717) is 5.56 Å². The molecule has 0 amide bonds. The highest BCUT2D eigenvalue weighted by Gasteiger charge is 2.06. The van der Waals surface area contributed by atoms with E-state index in [1.807, 2.05) is 12.1 Å². The van der Waals surface area contributed by atoms with E-state index in [4.69, 9.17) is 5.11 Å². The molecule has 0 spiro atoms. The van der Waals surface area contributed by atoms with E-state index in [9.17, 15) is 9.18 Å². The average Bonchev–Trinajstić information content (AvgIpc) is 2.39. The summed E-state index contributed by atoms with van der Waals surface area (Å²) >= 11 is 0. The van der Waals surface area contributed by atoms with Crippen LogP contribution >= 0.6 is 0 Å². The molecule has 1 N–H and O–H groups in total. The largest absolute Gasteiger partial charge is 0.478 e. The Morgan fingerprint density at radius 1 is 1.06 bits per heavy atom. The Bertz CT molecular complexity index is 532. The Morgan fingerprint density at radius 2 is 1.71 bits per heavy atom. The fraction of sp³-hybridized carbons (Fsp3) is 0.0714. The molecule has 0 aromatic heterocycles. The SMILES string of the molecule is O=C(O)c1ccc(-c2ccccc2CF)cc1. The van der Waals surface area contributed by atoms with E-state index < -0.39 is 12.6 Å². The van der Waals surface area contributed by atoms with Gasteiger partial charge in [-0.1, -0.05) is 36.4 Å². The number of carboxylic acids is 1. The van der Waals surface area contributed by atoms with Crippen molar-refractivity contribution in [3.05, 3.63) is 59.7 Å². The molecule has 0 saturated carbocycles. The van der Waals surface area contributed by atoms with Gasteiger partial charge in [-0.25, -0.2) is 9.18 Å². The molecule has 3 heteroatoms. The fourth-order valence-electron chi connectivity index (χ4n) is 1.71. The van der Waals surface area contributed by atoms with Crippen molar-refractivity contribution in [1.82, 2.24) is 0 Å². The smallest absolute Gasteiger partial charge is 0.335 e. The van der Waals surface area contributed by atoms with Crippen molar-refractivity contribution in [1.29, 1.82) is 0 Å². The lowest BCUT2D eigenvalue weighted by Crippen LogP contribution is -1.95. The number of hydrogen-bond acceptors (Lipinski definition) is 1. The van der Waals surface area contributed by atoms with Crippen molar-refractivity contribution < 1.29 is 14.3 Å². The maximum absolute atomic E-state index is 12.8. The van der Waals surface area contributed by atoms with Gasteiger partial charge in [0.25, 0.3) is 0 Å². The molecule has 2 aromatic carbocycles. The number of aromatic carboxylic acids is 1. The highest BCUT2D eigenvalue weighted by molar-refractivity contribution is 5.88. The molecule has 2 rings (SSSR count). The lowest BCUT2D eigenvalue weighted by Gasteiger charge is -2.06. The molecule has 0 aliphatic heterocycles. The van der Waals surface area contributed by atoms with E-state index in [1.54, 1.807) is 24.3 Å². The Balaban J connectivity index is 2.43. The number of hydrogen-bond donors (Lipinski definition) is 1. The zero-order valence-electron chi connectivity index (χ0n) is 9.06. The fourth-order valence-corrected chi connectivity index (χ4v) is 1.71. The summed E-state index contributed by atoms with van der Waals surface area (Å²) in [4.78, 5) is 10.7. The van der Waals surface area contributed by atoms with E-state index in [-0.39, 0.29) is 5.56 Å². The minimum atomic E-state index is -0.963. The highest BCUT2D eigenvalue weighted by atomic mass is 19.1. The lowest BCUT2D eigenvalue weighted by atomic mass is 9.99. The first-order valence-corrected chi connectivity index (χ1v) is 5.20. The summed E-state index contributed by atoms with van der Waals surface area (Å²) in [7, 11) is 0. The number of halogens is 1.